The van der Waals surface area contributed by atoms with Gasteiger partial charge in [0.05, 0.1) is 32.8 Å². The Kier molecular flexibility index (Phi) is 4.88. The quantitative estimate of drug-likeness (QED) is 0.530. The summed E-state index contributed by atoms with van der Waals surface area (Å²) in [6.45, 7) is 0. The van der Waals surface area contributed by atoms with Crippen molar-refractivity contribution in [3.63, 3.8) is 0 Å². The van der Waals surface area contributed by atoms with Crippen molar-refractivity contribution in [2.45, 2.75) is 12.1 Å². The fourth-order valence-corrected chi connectivity index (χ4v) is 3.61. The molecule has 0 radical (unpaired) electrons. The van der Waals surface area contributed by atoms with Gasteiger partial charge in [-0.2, -0.15) is 18.4 Å². The Morgan fingerprint density at radius 2 is 1.80 bits per heavy atom. The SMILES string of the molecule is N#CC1=C(N)Oc2n[nH]c(-c3ccc(Cl)c(Cl)c3)c2[C@@H]1c1ccc(C(F)(F)F)cc1. The molecular formula is C20H11Cl2F3N4O. The van der Waals surface area contributed by atoms with E-state index in [0.29, 0.717) is 32.4 Å². The first-order valence-electron chi connectivity index (χ1n) is 8.49. The molecule has 0 aliphatic carbocycles. The minimum absolute atomic E-state index is 0.0602. The van der Waals surface area contributed by atoms with Crippen LogP contribution in [0.25, 0.3) is 11.3 Å². The maximum Gasteiger partial charge on any atom is 0.416 e. The van der Waals surface area contributed by atoms with Gasteiger partial charge >= 0.3 is 6.18 Å². The average Bonchev–Trinajstić information content (AvgIpc) is 3.11. The highest BCUT2D eigenvalue weighted by Crippen LogP contribution is 2.46. The largest absolute Gasteiger partial charge is 0.420 e. The van der Waals surface area contributed by atoms with Gasteiger partial charge in [0.1, 0.15) is 11.6 Å². The van der Waals surface area contributed by atoms with E-state index in [1.807, 2.05) is 6.07 Å². The summed E-state index contributed by atoms with van der Waals surface area (Å²) >= 11 is 12.1. The number of hydrogen-bond donors (Lipinski definition) is 2. The second-order valence-electron chi connectivity index (χ2n) is 6.49. The number of ether oxygens (including phenoxy) is 1. The van der Waals surface area contributed by atoms with Gasteiger partial charge < -0.3 is 10.5 Å². The van der Waals surface area contributed by atoms with Gasteiger partial charge in [0, 0.05) is 5.56 Å². The highest BCUT2D eigenvalue weighted by atomic mass is 35.5. The third-order valence-corrected chi connectivity index (χ3v) is 5.46. The van der Waals surface area contributed by atoms with Crippen LogP contribution < -0.4 is 10.5 Å². The molecule has 3 N–H and O–H groups in total. The van der Waals surface area contributed by atoms with E-state index in [1.54, 1.807) is 18.2 Å². The number of aromatic nitrogens is 2. The van der Waals surface area contributed by atoms with Crippen LogP contribution >= 0.6 is 23.2 Å². The number of aromatic amines is 1. The van der Waals surface area contributed by atoms with E-state index in [1.165, 1.54) is 12.1 Å². The Morgan fingerprint density at radius 1 is 1.10 bits per heavy atom. The summed E-state index contributed by atoms with van der Waals surface area (Å²) in [5, 5.41) is 17.3. The molecule has 10 heteroatoms. The maximum absolute atomic E-state index is 13.0. The number of halogens is 5. The molecule has 1 aliphatic rings. The number of nitrogens with one attached hydrogen (secondary N) is 1. The molecule has 1 aromatic heterocycles. The van der Waals surface area contributed by atoms with Gasteiger partial charge in [0.15, 0.2) is 0 Å². The van der Waals surface area contributed by atoms with E-state index in [4.69, 9.17) is 33.7 Å². The third kappa shape index (κ3) is 3.36. The monoisotopic (exact) mass is 450 g/mol. The fourth-order valence-electron chi connectivity index (χ4n) is 3.31. The molecule has 0 saturated heterocycles. The van der Waals surface area contributed by atoms with Crippen molar-refractivity contribution in [2.24, 2.45) is 5.73 Å². The van der Waals surface area contributed by atoms with E-state index >= 15 is 0 Å². The first-order chi connectivity index (χ1) is 14.2. The van der Waals surface area contributed by atoms with Crippen LogP contribution in [-0.2, 0) is 6.18 Å². The lowest BCUT2D eigenvalue weighted by atomic mass is 9.83. The first kappa shape index (κ1) is 20.1. The average molecular weight is 451 g/mol. The van der Waals surface area contributed by atoms with E-state index in [0.717, 1.165) is 12.1 Å². The Labute approximate surface area is 178 Å². The molecular weight excluding hydrogens is 440 g/mol. The summed E-state index contributed by atoms with van der Waals surface area (Å²) in [5.74, 6) is -0.830. The molecule has 0 fully saturated rings. The molecule has 30 heavy (non-hydrogen) atoms. The minimum atomic E-state index is -4.48. The van der Waals surface area contributed by atoms with Crippen LogP contribution in [0.5, 0.6) is 5.88 Å². The van der Waals surface area contributed by atoms with Crippen LogP contribution in [0.2, 0.25) is 10.0 Å². The van der Waals surface area contributed by atoms with Gasteiger partial charge in [-0.05, 0) is 29.8 Å². The number of nitrogens with two attached hydrogens (primary N) is 1. The summed E-state index contributed by atoms with van der Waals surface area (Å²) in [6.07, 6.45) is -4.48. The molecule has 0 amide bonds. The summed E-state index contributed by atoms with van der Waals surface area (Å²) in [6, 6.07) is 11.4. The lowest BCUT2D eigenvalue weighted by Crippen LogP contribution is -2.21. The topological polar surface area (TPSA) is 87.7 Å². The Hall–Kier alpha value is -3.15. The molecule has 1 atom stereocenters. The number of H-pyrrole nitrogens is 1. The van der Waals surface area contributed by atoms with Crippen LogP contribution in [-0.4, -0.2) is 10.2 Å². The maximum atomic E-state index is 13.0. The van der Waals surface area contributed by atoms with Crippen molar-refractivity contribution >= 4 is 23.2 Å². The van der Waals surface area contributed by atoms with Crippen molar-refractivity contribution in [3.8, 4) is 23.2 Å². The van der Waals surface area contributed by atoms with E-state index in [-0.39, 0.29) is 17.3 Å². The van der Waals surface area contributed by atoms with Gasteiger partial charge in [0.25, 0.3) is 0 Å². The van der Waals surface area contributed by atoms with Crippen molar-refractivity contribution in [1.29, 1.82) is 5.26 Å². The zero-order valence-corrected chi connectivity index (χ0v) is 16.4. The van der Waals surface area contributed by atoms with E-state index in [9.17, 15) is 18.4 Å². The van der Waals surface area contributed by atoms with Crippen LogP contribution in [0, 0.1) is 11.3 Å². The van der Waals surface area contributed by atoms with Crippen molar-refractivity contribution < 1.29 is 17.9 Å². The summed E-state index contributed by atoms with van der Waals surface area (Å²) in [7, 11) is 0. The molecule has 3 aromatic rings. The van der Waals surface area contributed by atoms with Crippen LogP contribution in [0.15, 0.2) is 53.9 Å². The number of fused-ring (bicyclic) bond motifs is 1. The van der Waals surface area contributed by atoms with Crippen LogP contribution in [0.3, 0.4) is 0 Å². The van der Waals surface area contributed by atoms with Gasteiger partial charge in [0.2, 0.25) is 11.8 Å². The van der Waals surface area contributed by atoms with Crippen molar-refractivity contribution in [1.82, 2.24) is 10.2 Å². The molecule has 0 spiro atoms. The molecule has 1 aliphatic heterocycles. The predicted octanol–water partition coefficient (Wildman–Crippen LogP) is 5.62. The fraction of sp³-hybridized carbons (Fsp3) is 0.100. The number of allylic oxidation sites excluding steroid dienone is 1. The molecule has 0 unspecified atom stereocenters. The number of nitriles is 1. The Bertz CT molecular complexity index is 1210. The Balaban J connectivity index is 1.90. The van der Waals surface area contributed by atoms with Crippen LogP contribution in [0.4, 0.5) is 13.2 Å². The Morgan fingerprint density at radius 3 is 2.40 bits per heavy atom. The lowest BCUT2D eigenvalue weighted by Gasteiger charge is -2.24. The number of nitrogens with zero attached hydrogens (tertiary/aromatic N) is 2. The standard InChI is InChI=1S/C20H11Cl2F3N4O/c21-13-6-3-10(7-14(13)22)17-16-15(9-1-4-11(5-2-9)20(23,24)25)12(8-26)18(27)30-19(16)29-28-17/h1-7,15H,27H2,(H,28,29)/t15-/m1/s1. The highest BCUT2D eigenvalue weighted by molar-refractivity contribution is 6.42. The van der Waals surface area contributed by atoms with Gasteiger partial charge in [-0.15, -0.1) is 5.10 Å². The summed E-state index contributed by atoms with van der Waals surface area (Å²) in [5.41, 5.74) is 7.12. The van der Waals surface area contributed by atoms with Crippen molar-refractivity contribution in [3.05, 3.63) is 80.7 Å². The molecule has 2 heterocycles. The normalized spacial score (nSPS) is 16.1. The zero-order valence-electron chi connectivity index (χ0n) is 14.9. The second kappa shape index (κ2) is 7.27. The number of alkyl halides is 3. The number of rotatable bonds is 2. The highest BCUT2D eigenvalue weighted by Gasteiger charge is 2.36. The minimum Gasteiger partial charge on any atom is -0.420 e. The van der Waals surface area contributed by atoms with E-state index in [2.05, 4.69) is 10.2 Å². The molecule has 152 valence electrons. The smallest absolute Gasteiger partial charge is 0.416 e. The van der Waals surface area contributed by atoms with Gasteiger partial charge in [-0.1, -0.05) is 41.4 Å². The summed E-state index contributed by atoms with van der Waals surface area (Å²) < 4.78 is 44.4. The third-order valence-electron chi connectivity index (χ3n) is 4.72. The molecule has 0 saturated carbocycles. The number of benzene rings is 2. The molecule has 4 rings (SSSR count). The molecule has 2 aromatic carbocycles. The van der Waals surface area contributed by atoms with Crippen molar-refractivity contribution in [2.75, 3.05) is 0 Å². The second-order valence-corrected chi connectivity index (χ2v) is 7.31. The van der Waals surface area contributed by atoms with Gasteiger partial charge in [-0.3, -0.25) is 5.10 Å². The van der Waals surface area contributed by atoms with E-state index < -0.39 is 17.7 Å². The molecule has 5 nitrogen and oxygen atoms in total. The lowest BCUT2D eigenvalue weighted by molar-refractivity contribution is -0.137. The molecule has 0 bridgehead atoms. The zero-order chi connectivity index (χ0) is 21.6. The summed E-state index contributed by atoms with van der Waals surface area (Å²) in [4.78, 5) is 0. The first-order valence-corrected chi connectivity index (χ1v) is 9.24. The number of hydrogen-bond acceptors (Lipinski definition) is 4. The van der Waals surface area contributed by atoms with Gasteiger partial charge in [-0.25, -0.2) is 0 Å². The van der Waals surface area contributed by atoms with Crippen LogP contribution in [0.1, 0.15) is 22.6 Å². The predicted molar refractivity (Wildman–Crippen MR) is 105 cm³/mol.